The molecular formula is C33H32N4O3S2. The lowest BCUT2D eigenvalue weighted by Crippen LogP contribution is -2.37. The van der Waals surface area contributed by atoms with Gasteiger partial charge in [0.15, 0.2) is 0 Å². The van der Waals surface area contributed by atoms with E-state index in [4.69, 9.17) is 21.9 Å². The lowest BCUT2D eigenvalue weighted by Gasteiger charge is -2.33. The molecule has 2 aromatic heterocycles. The Labute approximate surface area is 254 Å². The van der Waals surface area contributed by atoms with Crippen molar-refractivity contribution in [1.29, 1.82) is 0 Å². The third-order valence-electron chi connectivity index (χ3n) is 7.96. The van der Waals surface area contributed by atoms with Gasteiger partial charge in [-0.3, -0.25) is 18.9 Å². The number of carbonyl (C=O) groups is 1. The summed E-state index contributed by atoms with van der Waals surface area (Å²) in [5, 5.41) is 0. The van der Waals surface area contributed by atoms with Gasteiger partial charge in [-0.25, -0.2) is 4.98 Å². The second-order valence-electron chi connectivity index (χ2n) is 10.6. The van der Waals surface area contributed by atoms with Gasteiger partial charge in [0.1, 0.15) is 21.5 Å². The van der Waals surface area contributed by atoms with Crippen molar-refractivity contribution in [2.75, 3.05) is 31.6 Å². The quantitative estimate of drug-likeness (QED) is 0.194. The van der Waals surface area contributed by atoms with Gasteiger partial charge in [0.25, 0.3) is 11.5 Å². The predicted molar refractivity (Wildman–Crippen MR) is 173 cm³/mol. The molecule has 0 unspecified atom stereocenters. The summed E-state index contributed by atoms with van der Waals surface area (Å²) in [7, 11) is 1.64. The summed E-state index contributed by atoms with van der Waals surface area (Å²) in [4.78, 5) is 36.5. The van der Waals surface area contributed by atoms with Crippen LogP contribution in [0.5, 0.6) is 5.75 Å². The first-order chi connectivity index (χ1) is 20.5. The van der Waals surface area contributed by atoms with E-state index in [1.54, 1.807) is 28.7 Å². The van der Waals surface area contributed by atoms with Crippen LogP contribution in [-0.4, -0.2) is 51.3 Å². The molecule has 4 heterocycles. The van der Waals surface area contributed by atoms with Gasteiger partial charge in [0.2, 0.25) is 0 Å². The van der Waals surface area contributed by atoms with Gasteiger partial charge in [0, 0.05) is 25.8 Å². The summed E-state index contributed by atoms with van der Waals surface area (Å²) in [6, 6.07) is 23.9. The van der Waals surface area contributed by atoms with E-state index in [-0.39, 0.29) is 11.5 Å². The molecule has 9 heteroatoms. The van der Waals surface area contributed by atoms with Gasteiger partial charge in [-0.2, -0.15) is 0 Å². The molecule has 0 radical (unpaired) electrons. The average molecular weight is 597 g/mol. The molecule has 0 N–H and O–H groups in total. The molecule has 2 fully saturated rings. The van der Waals surface area contributed by atoms with E-state index in [1.165, 1.54) is 17.3 Å². The molecule has 2 aliphatic rings. The monoisotopic (exact) mass is 596 g/mol. The van der Waals surface area contributed by atoms with Crippen LogP contribution < -0.4 is 15.2 Å². The smallest absolute Gasteiger partial charge is 0.267 e. The molecule has 4 aromatic rings. The van der Waals surface area contributed by atoms with Gasteiger partial charge in [-0.1, -0.05) is 72.5 Å². The Morgan fingerprint density at radius 2 is 1.71 bits per heavy atom. The van der Waals surface area contributed by atoms with Gasteiger partial charge < -0.3 is 9.64 Å². The van der Waals surface area contributed by atoms with E-state index >= 15 is 0 Å². The minimum Gasteiger partial charge on any atom is -0.497 e. The Kier molecular flexibility index (Phi) is 8.39. The first-order valence-corrected chi connectivity index (χ1v) is 15.4. The number of anilines is 1. The molecule has 6 rings (SSSR count). The molecule has 0 spiro atoms. The van der Waals surface area contributed by atoms with Crippen molar-refractivity contribution in [3.8, 4) is 5.75 Å². The van der Waals surface area contributed by atoms with Crippen LogP contribution in [0, 0.1) is 5.92 Å². The zero-order valence-corrected chi connectivity index (χ0v) is 25.1. The maximum absolute atomic E-state index is 13.8. The van der Waals surface area contributed by atoms with Crippen molar-refractivity contribution in [2.45, 2.75) is 25.7 Å². The van der Waals surface area contributed by atoms with Gasteiger partial charge in [0.05, 0.1) is 17.6 Å². The van der Waals surface area contributed by atoms with E-state index in [0.717, 1.165) is 43.7 Å². The van der Waals surface area contributed by atoms with E-state index in [2.05, 4.69) is 29.2 Å². The molecule has 1 amide bonds. The zero-order valence-electron chi connectivity index (χ0n) is 23.4. The van der Waals surface area contributed by atoms with E-state index in [1.807, 2.05) is 48.5 Å². The Morgan fingerprint density at radius 3 is 2.45 bits per heavy atom. The molecule has 0 atom stereocenters. The highest BCUT2D eigenvalue weighted by atomic mass is 32.2. The summed E-state index contributed by atoms with van der Waals surface area (Å²) in [6.07, 6.45) is 7.15. The highest BCUT2D eigenvalue weighted by molar-refractivity contribution is 8.26. The SMILES string of the molecule is COc1ccc(CCN2C(=O)/C(=C/c3c(N4CCC(Cc5ccccc5)CC4)nc4ccccn4c3=O)SC2=S)cc1. The standard InChI is InChI=1S/C33H32N4O3S2/c1-40-26-12-10-23(11-13-26)16-20-37-32(39)28(42-33(37)41)22-27-30(34-29-9-5-6-17-36(29)31(27)38)35-18-14-25(15-19-35)21-24-7-3-2-4-8-24/h2-13,17,22,25H,14-16,18-21H2,1H3/b28-22-. The molecule has 0 aliphatic carbocycles. The van der Waals surface area contributed by atoms with Crippen LogP contribution in [0.25, 0.3) is 11.7 Å². The van der Waals surface area contributed by atoms with E-state index in [9.17, 15) is 9.59 Å². The summed E-state index contributed by atoms with van der Waals surface area (Å²) >= 11 is 6.84. The molecule has 214 valence electrons. The molecule has 42 heavy (non-hydrogen) atoms. The number of ether oxygens (including phenoxy) is 1. The third kappa shape index (κ3) is 5.98. The predicted octanol–water partition coefficient (Wildman–Crippen LogP) is 5.61. The highest BCUT2D eigenvalue weighted by Crippen LogP contribution is 2.34. The fraction of sp³-hybridized carbons (Fsp3) is 0.273. The van der Waals surface area contributed by atoms with Crippen LogP contribution in [0.2, 0.25) is 0 Å². The summed E-state index contributed by atoms with van der Waals surface area (Å²) in [6.45, 7) is 2.07. The number of pyridine rings is 1. The lowest BCUT2D eigenvalue weighted by atomic mass is 9.90. The maximum Gasteiger partial charge on any atom is 0.267 e. The average Bonchev–Trinajstić information content (AvgIpc) is 3.29. The molecule has 2 aliphatic heterocycles. The number of nitrogens with zero attached hydrogens (tertiary/aromatic N) is 4. The zero-order chi connectivity index (χ0) is 29.1. The van der Waals surface area contributed by atoms with Crippen LogP contribution in [0.15, 0.2) is 88.7 Å². The number of thiocarbonyl (C=S) groups is 1. The molecule has 0 saturated carbocycles. The van der Waals surface area contributed by atoms with Crippen molar-refractivity contribution < 1.29 is 9.53 Å². The second kappa shape index (κ2) is 12.5. The van der Waals surface area contributed by atoms with Crippen LogP contribution in [0.3, 0.4) is 0 Å². The van der Waals surface area contributed by atoms with Crippen molar-refractivity contribution in [2.24, 2.45) is 5.92 Å². The number of rotatable bonds is 8. The largest absolute Gasteiger partial charge is 0.497 e. The normalized spacial score (nSPS) is 17.0. The number of methoxy groups -OCH3 is 1. The number of carbonyl (C=O) groups excluding carboxylic acids is 1. The van der Waals surface area contributed by atoms with Crippen molar-refractivity contribution in [3.05, 3.63) is 111 Å². The Bertz CT molecular complexity index is 1690. The van der Waals surface area contributed by atoms with Crippen molar-refractivity contribution in [1.82, 2.24) is 14.3 Å². The van der Waals surface area contributed by atoms with Crippen LogP contribution >= 0.6 is 24.0 Å². The first-order valence-electron chi connectivity index (χ1n) is 14.2. The molecule has 7 nitrogen and oxygen atoms in total. The van der Waals surface area contributed by atoms with Crippen LogP contribution in [-0.2, 0) is 17.6 Å². The molecule has 0 bridgehead atoms. The fourth-order valence-electron chi connectivity index (χ4n) is 5.61. The number of hydrogen-bond donors (Lipinski definition) is 0. The highest BCUT2D eigenvalue weighted by Gasteiger charge is 2.33. The van der Waals surface area contributed by atoms with E-state index in [0.29, 0.717) is 45.1 Å². The number of thioether (sulfide) groups is 1. The number of aromatic nitrogens is 2. The number of piperidine rings is 1. The second-order valence-corrected chi connectivity index (χ2v) is 12.3. The Balaban J connectivity index is 1.24. The Hall–Kier alpha value is -3.95. The number of amides is 1. The first kappa shape index (κ1) is 28.2. The molecule has 2 saturated heterocycles. The van der Waals surface area contributed by atoms with E-state index < -0.39 is 0 Å². The minimum absolute atomic E-state index is 0.177. The van der Waals surface area contributed by atoms with Crippen LogP contribution in [0.4, 0.5) is 5.82 Å². The van der Waals surface area contributed by atoms with Gasteiger partial charge >= 0.3 is 0 Å². The number of benzene rings is 2. The minimum atomic E-state index is -0.189. The van der Waals surface area contributed by atoms with Gasteiger partial charge in [-0.15, -0.1) is 0 Å². The fourth-order valence-corrected chi connectivity index (χ4v) is 6.90. The van der Waals surface area contributed by atoms with Crippen molar-refractivity contribution >= 4 is 51.7 Å². The summed E-state index contributed by atoms with van der Waals surface area (Å²) < 4.78 is 7.28. The van der Waals surface area contributed by atoms with Gasteiger partial charge in [-0.05, 0) is 73.1 Å². The third-order valence-corrected chi connectivity index (χ3v) is 9.34. The number of hydrogen-bond acceptors (Lipinski definition) is 7. The summed E-state index contributed by atoms with van der Waals surface area (Å²) in [5.41, 5.74) is 3.27. The maximum atomic E-state index is 13.8. The molecule has 2 aromatic carbocycles. The topological polar surface area (TPSA) is 67.2 Å². The number of fused-ring (bicyclic) bond motifs is 1. The lowest BCUT2D eigenvalue weighted by molar-refractivity contribution is -0.122. The Morgan fingerprint density at radius 1 is 0.976 bits per heavy atom. The van der Waals surface area contributed by atoms with Crippen LogP contribution in [0.1, 0.15) is 29.5 Å². The van der Waals surface area contributed by atoms with Crippen molar-refractivity contribution in [3.63, 3.8) is 0 Å². The summed E-state index contributed by atoms with van der Waals surface area (Å²) in [5.74, 6) is 1.82. The molecular weight excluding hydrogens is 565 g/mol.